The number of rotatable bonds is 7. The summed E-state index contributed by atoms with van der Waals surface area (Å²) in [7, 11) is 0. The van der Waals surface area contributed by atoms with E-state index in [1.54, 1.807) is 13.8 Å². The topological polar surface area (TPSA) is 29.5 Å². The third kappa shape index (κ3) is 11.2. The van der Waals surface area contributed by atoms with Crippen LogP contribution < -0.4 is 0 Å². The van der Waals surface area contributed by atoms with Gasteiger partial charge < -0.3 is 9.84 Å². The Morgan fingerprint density at radius 2 is 2.00 bits per heavy atom. The Bertz CT molecular complexity index is 296. The first kappa shape index (κ1) is 15.9. The molecule has 0 spiro atoms. The van der Waals surface area contributed by atoms with E-state index >= 15 is 0 Å². The highest BCUT2D eigenvalue weighted by molar-refractivity contribution is 5.19. The van der Waals surface area contributed by atoms with Crippen LogP contribution >= 0.6 is 0 Å². The Morgan fingerprint density at radius 3 is 2.47 bits per heavy atom. The summed E-state index contributed by atoms with van der Waals surface area (Å²) in [4.78, 5) is 0. The fourth-order valence-corrected chi connectivity index (χ4v) is 1.03. The van der Waals surface area contributed by atoms with Gasteiger partial charge in [-0.3, -0.25) is 0 Å². The maximum absolute atomic E-state index is 13.2. The van der Waals surface area contributed by atoms with Crippen LogP contribution in [0.5, 0.6) is 0 Å². The van der Waals surface area contributed by atoms with Gasteiger partial charge in [0.1, 0.15) is 11.6 Å². The summed E-state index contributed by atoms with van der Waals surface area (Å²) < 4.78 is 18.4. The van der Waals surface area contributed by atoms with Gasteiger partial charge in [-0.05, 0) is 38.0 Å². The van der Waals surface area contributed by atoms with Gasteiger partial charge >= 0.3 is 0 Å². The number of allylic oxidation sites excluding steroid dienone is 4. The van der Waals surface area contributed by atoms with E-state index in [4.69, 9.17) is 4.74 Å². The first-order valence-electron chi connectivity index (χ1n) is 5.80. The van der Waals surface area contributed by atoms with Gasteiger partial charge in [0, 0.05) is 6.42 Å². The van der Waals surface area contributed by atoms with Crippen molar-refractivity contribution in [2.24, 2.45) is 5.92 Å². The molecule has 98 valence electrons. The normalized spacial score (nSPS) is 13.5. The first-order valence-corrected chi connectivity index (χ1v) is 5.80. The summed E-state index contributed by atoms with van der Waals surface area (Å²) in [5, 5.41) is 9.45. The molecule has 0 aliphatic heterocycles. The van der Waals surface area contributed by atoms with Gasteiger partial charge in [-0.2, -0.15) is 0 Å². The van der Waals surface area contributed by atoms with Crippen LogP contribution in [0.25, 0.3) is 0 Å². The van der Waals surface area contributed by atoms with Crippen molar-refractivity contribution in [3.63, 3.8) is 0 Å². The largest absolute Gasteiger partial charge is 0.494 e. The second kappa shape index (κ2) is 7.28. The van der Waals surface area contributed by atoms with E-state index in [1.807, 2.05) is 13.8 Å². The molecule has 0 aromatic rings. The molecule has 0 heterocycles. The predicted molar refractivity (Wildman–Crippen MR) is 69.2 cm³/mol. The molecule has 0 radical (unpaired) electrons. The van der Waals surface area contributed by atoms with Crippen molar-refractivity contribution in [1.82, 2.24) is 0 Å². The van der Waals surface area contributed by atoms with E-state index in [1.165, 1.54) is 18.2 Å². The molecule has 0 rings (SSSR count). The number of hydrogen-bond acceptors (Lipinski definition) is 2. The van der Waals surface area contributed by atoms with Crippen molar-refractivity contribution in [1.29, 1.82) is 0 Å². The van der Waals surface area contributed by atoms with Crippen LogP contribution in [0.15, 0.2) is 36.4 Å². The Hall–Kier alpha value is -1.09. The third-order valence-corrected chi connectivity index (χ3v) is 1.92. The smallest absolute Gasteiger partial charge is 0.119 e. The Balaban J connectivity index is 3.99. The minimum absolute atomic E-state index is 0.170. The highest BCUT2D eigenvalue weighted by Gasteiger charge is 2.11. The molecular formula is C14H23FO2. The molecule has 2 nitrogen and oxygen atoms in total. The average molecular weight is 242 g/mol. The van der Waals surface area contributed by atoms with E-state index in [-0.39, 0.29) is 11.7 Å². The van der Waals surface area contributed by atoms with Crippen LogP contribution in [0, 0.1) is 5.92 Å². The highest BCUT2D eigenvalue weighted by atomic mass is 19.1. The van der Waals surface area contributed by atoms with E-state index in [2.05, 4.69) is 6.58 Å². The molecule has 0 atom stereocenters. The van der Waals surface area contributed by atoms with E-state index in [0.717, 1.165) is 0 Å². The van der Waals surface area contributed by atoms with E-state index in [9.17, 15) is 9.50 Å². The molecule has 0 saturated carbocycles. The summed E-state index contributed by atoms with van der Waals surface area (Å²) in [6.07, 6.45) is 4.83. The van der Waals surface area contributed by atoms with Crippen molar-refractivity contribution < 1.29 is 14.2 Å². The molecule has 17 heavy (non-hydrogen) atoms. The van der Waals surface area contributed by atoms with E-state index < -0.39 is 5.60 Å². The van der Waals surface area contributed by atoms with Gasteiger partial charge in [-0.15, -0.1) is 0 Å². The van der Waals surface area contributed by atoms with Crippen molar-refractivity contribution in [3.8, 4) is 0 Å². The second-order valence-electron chi connectivity index (χ2n) is 5.01. The molecular weight excluding hydrogens is 219 g/mol. The maximum atomic E-state index is 13.2. The number of hydrogen-bond donors (Lipinski definition) is 1. The molecule has 1 N–H and O–H groups in total. The molecule has 0 aliphatic rings. The monoisotopic (exact) mass is 242 g/mol. The summed E-state index contributed by atoms with van der Waals surface area (Å²) in [6, 6.07) is 0. The van der Waals surface area contributed by atoms with Crippen molar-refractivity contribution in [3.05, 3.63) is 36.4 Å². The van der Waals surface area contributed by atoms with Gasteiger partial charge in [0.2, 0.25) is 0 Å². The third-order valence-electron chi connectivity index (χ3n) is 1.92. The lowest BCUT2D eigenvalue weighted by Gasteiger charge is -2.16. The zero-order valence-electron chi connectivity index (χ0n) is 11.2. The zero-order valence-corrected chi connectivity index (χ0v) is 11.2. The number of ether oxygens (including phenoxy) is 1. The summed E-state index contributed by atoms with van der Waals surface area (Å²) in [6.45, 7) is 11.2. The molecule has 0 amide bonds. The van der Waals surface area contributed by atoms with Gasteiger partial charge in [-0.1, -0.05) is 20.4 Å². The number of aliphatic hydroxyl groups is 1. The van der Waals surface area contributed by atoms with Crippen LogP contribution in [-0.2, 0) is 4.74 Å². The van der Waals surface area contributed by atoms with Gasteiger partial charge in [0.05, 0.1) is 12.2 Å². The Morgan fingerprint density at radius 1 is 1.41 bits per heavy atom. The second-order valence-corrected chi connectivity index (χ2v) is 5.01. The lowest BCUT2D eigenvalue weighted by atomic mass is 10.1. The van der Waals surface area contributed by atoms with Crippen LogP contribution in [0.4, 0.5) is 4.39 Å². The maximum Gasteiger partial charge on any atom is 0.119 e. The molecule has 0 bridgehead atoms. The van der Waals surface area contributed by atoms with Crippen molar-refractivity contribution >= 4 is 0 Å². The Kier molecular flexibility index (Phi) is 6.81. The fraction of sp³-hybridized carbons (Fsp3) is 0.571. The zero-order chi connectivity index (χ0) is 13.5. The summed E-state index contributed by atoms with van der Waals surface area (Å²) in [5.74, 6) is 0.262. The standard InChI is InChI=1S/C14H23FO2/c1-11(2)10-13(15)7-6-12(3)17-9-8-14(4,5)16/h6-7,10-11,16H,3,8-9H2,1-2,4-5H3/b7-6-,13-10+. The highest BCUT2D eigenvalue weighted by Crippen LogP contribution is 2.10. The van der Waals surface area contributed by atoms with Gasteiger partial charge in [0.25, 0.3) is 0 Å². The number of halogens is 1. The van der Waals surface area contributed by atoms with E-state index in [0.29, 0.717) is 18.8 Å². The lowest BCUT2D eigenvalue weighted by Crippen LogP contribution is -2.20. The predicted octanol–water partition coefficient (Wildman–Crippen LogP) is 3.74. The minimum atomic E-state index is -0.757. The molecule has 0 aromatic heterocycles. The fourth-order valence-electron chi connectivity index (χ4n) is 1.03. The van der Waals surface area contributed by atoms with Crippen LogP contribution in [-0.4, -0.2) is 17.3 Å². The first-order chi connectivity index (χ1) is 7.70. The molecule has 3 heteroatoms. The molecule has 0 saturated heterocycles. The quantitative estimate of drug-likeness (QED) is 0.544. The molecule has 0 fully saturated rings. The summed E-state index contributed by atoms with van der Waals surface area (Å²) in [5.41, 5.74) is -0.757. The van der Waals surface area contributed by atoms with Crippen molar-refractivity contribution in [2.75, 3.05) is 6.61 Å². The lowest BCUT2D eigenvalue weighted by molar-refractivity contribution is 0.0454. The van der Waals surface area contributed by atoms with Crippen molar-refractivity contribution in [2.45, 2.75) is 39.7 Å². The average Bonchev–Trinajstić information content (AvgIpc) is 2.11. The van der Waals surface area contributed by atoms with Crippen LogP contribution in [0.1, 0.15) is 34.1 Å². The molecule has 0 unspecified atom stereocenters. The Labute approximate surface area is 103 Å². The molecule has 0 aliphatic carbocycles. The van der Waals surface area contributed by atoms with Crippen LogP contribution in [0.3, 0.4) is 0 Å². The van der Waals surface area contributed by atoms with Crippen LogP contribution in [0.2, 0.25) is 0 Å². The summed E-state index contributed by atoms with van der Waals surface area (Å²) >= 11 is 0. The van der Waals surface area contributed by atoms with Gasteiger partial charge in [-0.25, -0.2) is 4.39 Å². The SMILES string of the molecule is C=C(/C=C\C(F)=C/C(C)C)OCCC(C)(C)O. The molecule has 0 aromatic carbocycles. The minimum Gasteiger partial charge on any atom is -0.494 e. The van der Waals surface area contributed by atoms with Gasteiger partial charge in [0.15, 0.2) is 0 Å².